The number of rotatable bonds is 4. The van der Waals surface area contributed by atoms with Crippen molar-refractivity contribution in [3.63, 3.8) is 0 Å². The fourth-order valence-electron chi connectivity index (χ4n) is 2.44. The average molecular weight is 326 g/mol. The molecule has 2 aromatic rings. The summed E-state index contributed by atoms with van der Waals surface area (Å²) in [7, 11) is 0. The van der Waals surface area contributed by atoms with E-state index in [1.54, 1.807) is 6.07 Å². The lowest BCUT2D eigenvalue weighted by Crippen LogP contribution is -2.22. The van der Waals surface area contributed by atoms with Gasteiger partial charge in [0.25, 0.3) is 0 Å². The van der Waals surface area contributed by atoms with E-state index in [9.17, 15) is 4.39 Å². The quantitative estimate of drug-likeness (QED) is 0.880. The Morgan fingerprint density at radius 3 is 2.79 bits per heavy atom. The zero-order chi connectivity index (χ0) is 13.6. The normalized spacial score (nSPS) is 15.6. The molecule has 1 fully saturated rings. The van der Waals surface area contributed by atoms with E-state index in [0.29, 0.717) is 23.0 Å². The van der Waals surface area contributed by atoms with Gasteiger partial charge in [-0.1, -0.05) is 13.8 Å². The molecule has 1 aliphatic rings. The van der Waals surface area contributed by atoms with E-state index in [0.717, 1.165) is 16.7 Å². The summed E-state index contributed by atoms with van der Waals surface area (Å²) in [6, 6.07) is 3.46. The number of benzene rings is 1. The molecule has 0 amide bonds. The second-order valence-corrected chi connectivity index (χ2v) is 6.37. The number of furan rings is 1. The van der Waals surface area contributed by atoms with Gasteiger partial charge in [0.05, 0.1) is 11.0 Å². The number of nitrogens with one attached hydrogen (secondary N) is 1. The van der Waals surface area contributed by atoms with Gasteiger partial charge in [-0.15, -0.1) is 0 Å². The summed E-state index contributed by atoms with van der Waals surface area (Å²) in [6.45, 7) is 4.91. The molecule has 2 nitrogen and oxygen atoms in total. The van der Waals surface area contributed by atoms with Crippen molar-refractivity contribution in [3.8, 4) is 0 Å². The van der Waals surface area contributed by atoms with Crippen LogP contribution in [0.15, 0.2) is 21.0 Å². The van der Waals surface area contributed by atoms with Gasteiger partial charge in [0.2, 0.25) is 0 Å². The lowest BCUT2D eigenvalue weighted by molar-refractivity contribution is 0.482. The molecule has 0 saturated heterocycles. The summed E-state index contributed by atoms with van der Waals surface area (Å²) in [5.41, 5.74) is 1.97. The first kappa shape index (κ1) is 13.1. The van der Waals surface area contributed by atoms with Crippen LogP contribution in [0.4, 0.5) is 4.39 Å². The van der Waals surface area contributed by atoms with Crippen molar-refractivity contribution in [2.45, 2.75) is 45.2 Å². The molecule has 0 aliphatic heterocycles. The van der Waals surface area contributed by atoms with Crippen molar-refractivity contribution in [3.05, 3.63) is 33.7 Å². The van der Waals surface area contributed by atoms with Crippen LogP contribution in [0.25, 0.3) is 11.0 Å². The Bertz CT molecular complexity index is 616. The van der Waals surface area contributed by atoms with Crippen LogP contribution >= 0.6 is 15.9 Å². The van der Waals surface area contributed by atoms with Crippen LogP contribution in [-0.2, 0) is 6.54 Å². The number of hydrogen-bond acceptors (Lipinski definition) is 2. The minimum absolute atomic E-state index is 0.217. The summed E-state index contributed by atoms with van der Waals surface area (Å²) >= 11 is 3.39. The van der Waals surface area contributed by atoms with Gasteiger partial charge in [0.1, 0.15) is 17.2 Å². The van der Waals surface area contributed by atoms with Crippen molar-refractivity contribution in [2.24, 2.45) is 0 Å². The van der Waals surface area contributed by atoms with Gasteiger partial charge in [-0.3, -0.25) is 0 Å². The molecular formula is C15H17BrFNO. The van der Waals surface area contributed by atoms with E-state index in [-0.39, 0.29) is 5.82 Å². The minimum Gasteiger partial charge on any atom is -0.458 e. The van der Waals surface area contributed by atoms with Crippen LogP contribution in [0.5, 0.6) is 0 Å². The molecule has 1 aromatic carbocycles. The van der Waals surface area contributed by atoms with Crippen LogP contribution in [0.2, 0.25) is 0 Å². The summed E-state index contributed by atoms with van der Waals surface area (Å²) in [4.78, 5) is 0. The highest BCUT2D eigenvalue weighted by molar-refractivity contribution is 9.10. The first-order valence-electron chi connectivity index (χ1n) is 6.70. The number of halogens is 2. The maximum Gasteiger partial charge on any atom is 0.149 e. The third kappa shape index (κ3) is 2.56. The van der Waals surface area contributed by atoms with Gasteiger partial charge in [-0.2, -0.15) is 0 Å². The Kier molecular flexibility index (Phi) is 3.39. The molecule has 1 heterocycles. The Morgan fingerprint density at radius 2 is 2.16 bits per heavy atom. The summed E-state index contributed by atoms with van der Waals surface area (Å²) in [5.74, 6) is 1.28. The number of fused-ring (bicyclic) bond motifs is 1. The van der Waals surface area contributed by atoms with E-state index in [1.807, 2.05) is 0 Å². The van der Waals surface area contributed by atoms with Gasteiger partial charge in [0, 0.05) is 17.0 Å². The van der Waals surface area contributed by atoms with E-state index in [2.05, 4.69) is 35.1 Å². The van der Waals surface area contributed by atoms with E-state index >= 15 is 0 Å². The van der Waals surface area contributed by atoms with Crippen molar-refractivity contribution in [1.29, 1.82) is 0 Å². The first-order valence-corrected chi connectivity index (χ1v) is 7.49. The molecule has 1 N–H and O–H groups in total. The highest BCUT2D eigenvalue weighted by Crippen LogP contribution is 2.47. The number of hydrogen-bond donors (Lipinski definition) is 1. The van der Waals surface area contributed by atoms with E-state index < -0.39 is 0 Å². The molecule has 19 heavy (non-hydrogen) atoms. The standard InChI is InChI=1S/C15H17BrFNO/c1-8(2)18-7-13-14(9-3-4-9)11-5-10(17)6-12(16)15(11)19-13/h5-6,8-9,18H,3-4,7H2,1-2H3. The monoisotopic (exact) mass is 325 g/mol. The SMILES string of the molecule is CC(C)NCc1oc2c(Br)cc(F)cc2c1C1CC1. The van der Waals surface area contributed by atoms with Crippen molar-refractivity contribution in [1.82, 2.24) is 5.32 Å². The van der Waals surface area contributed by atoms with Crippen LogP contribution in [0.3, 0.4) is 0 Å². The molecule has 4 heteroatoms. The van der Waals surface area contributed by atoms with Gasteiger partial charge in [0.15, 0.2) is 0 Å². The Hall–Kier alpha value is -0.870. The zero-order valence-corrected chi connectivity index (χ0v) is 12.7. The van der Waals surface area contributed by atoms with E-state index in [1.165, 1.54) is 24.5 Å². The van der Waals surface area contributed by atoms with Gasteiger partial charge < -0.3 is 9.73 Å². The Balaban J connectivity index is 2.10. The van der Waals surface area contributed by atoms with E-state index in [4.69, 9.17) is 4.42 Å². The van der Waals surface area contributed by atoms with Crippen LogP contribution in [0, 0.1) is 5.82 Å². The summed E-state index contributed by atoms with van der Waals surface area (Å²) < 4.78 is 20.3. The van der Waals surface area contributed by atoms with Crippen molar-refractivity contribution < 1.29 is 8.81 Å². The van der Waals surface area contributed by atoms with Gasteiger partial charge in [-0.05, 0) is 46.8 Å². The molecular weight excluding hydrogens is 309 g/mol. The van der Waals surface area contributed by atoms with Crippen LogP contribution in [0.1, 0.15) is 43.9 Å². The third-order valence-electron chi connectivity index (χ3n) is 3.48. The lowest BCUT2D eigenvalue weighted by Gasteiger charge is -2.07. The average Bonchev–Trinajstić information content (AvgIpc) is 3.08. The summed E-state index contributed by atoms with van der Waals surface area (Å²) in [5, 5.41) is 4.30. The molecule has 102 valence electrons. The molecule has 0 spiro atoms. The molecule has 0 atom stereocenters. The molecule has 0 radical (unpaired) electrons. The smallest absolute Gasteiger partial charge is 0.149 e. The second-order valence-electron chi connectivity index (χ2n) is 5.51. The molecule has 3 rings (SSSR count). The third-order valence-corrected chi connectivity index (χ3v) is 4.07. The van der Waals surface area contributed by atoms with Crippen molar-refractivity contribution >= 4 is 26.9 Å². The zero-order valence-electron chi connectivity index (χ0n) is 11.1. The molecule has 0 unspecified atom stereocenters. The van der Waals surface area contributed by atoms with Crippen LogP contribution in [-0.4, -0.2) is 6.04 Å². The Labute approximate surface area is 120 Å². The van der Waals surface area contributed by atoms with Gasteiger partial charge in [-0.25, -0.2) is 4.39 Å². The second kappa shape index (κ2) is 4.91. The molecule has 1 aliphatic carbocycles. The fourth-order valence-corrected chi connectivity index (χ4v) is 2.95. The highest BCUT2D eigenvalue weighted by Gasteiger charge is 2.31. The fraction of sp³-hybridized carbons (Fsp3) is 0.467. The summed E-state index contributed by atoms with van der Waals surface area (Å²) in [6.07, 6.45) is 2.36. The molecule has 1 aromatic heterocycles. The highest BCUT2D eigenvalue weighted by atomic mass is 79.9. The van der Waals surface area contributed by atoms with Crippen molar-refractivity contribution in [2.75, 3.05) is 0 Å². The van der Waals surface area contributed by atoms with Gasteiger partial charge >= 0.3 is 0 Å². The minimum atomic E-state index is -0.217. The lowest BCUT2D eigenvalue weighted by atomic mass is 10.1. The first-order chi connectivity index (χ1) is 9.06. The topological polar surface area (TPSA) is 25.2 Å². The predicted molar refractivity (Wildman–Crippen MR) is 77.8 cm³/mol. The Morgan fingerprint density at radius 1 is 1.42 bits per heavy atom. The largest absolute Gasteiger partial charge is 0.458 e. The molecule has 1 saturated carbocycles. The maximum absolute atomic E-state index is 13.6. The maximum atomic E-state index is 13.6. The predicted octanol–water partition coefficient (Wildman–Crippen LogP) is 4.71. The molecule has 0 bridgehead atoms. The van der Waals surface area contributed by atoms with Crippen LogP contribution < -0.4 is 5.32 Å².